The summed E-state index contributed by atoms with van der Waals surface area (Å²) in [5.41, 5.74) is 2.47. The molecule has 3 saturated carbocycles. The number of hydrogen-bond donors (Lipinski definition) is 2. The van der Waals surface area contributed by atoms with Crippen LogP contribution in [0.5, 0.6) is 0 Å². The van der Waals surface area contributed by atoms with Gasteiger partial charge in [-0.05, 0) is 60.0 Å². The van der Waals surface area contributed by atoms with Crippen LogP contribution in [0.25, 0.3) is 11.0 Å². The molecule has 2 unspecified atom stereocenters. The van der Waals surface area contributed by atoms with Gasteiger partial charge >= 0.3 is 5.97 Å². The molecule has 2 atom stereocenters. The van der Waals surface area contributed by atoms with Crippen LogP contribution in [-0.4, -0.2) is 53.6 Å². The number of carbonyl (C=O) groups excluding carboxylic acids is 1. The number of rotatable bonds is 4. The first-order valence-electron chi connectivity index (χ1n) is 10.2. The number of benzene rings is 1. The summed E-state index contributed by atoms with van der Waals surface area (Å²) in [6.45, 7) is 2.79. The lowest BCUT2D eigenvalue weighted by molar-refractivity contribution is -0.156. The van der Waals surface area contributed by atoms with Crippen molar-refractivity contribution in [3.05, 3.63) is 12.1 Å². The van der Waals surface area contributed by atoms with E-state index in [0.717, 1.165) is 44.5 Å². The Hall–Kier alpha value is -2.68. The van der Waals surface area contributed by atoms with Gasteiger partial charge in [0, 0.05) is 13.1 Å². The van der Waals surface area contributed by atoms with E-state index in [2.05, 4.69) is 20.5 Å². The molecule has 2 bridgehead atoms. The van der Waals surface area contributed by atoms with E-state index in [1.54, 1.807) is 6.07 Å². The second-order valence-corrected chi connectivity index (χ2v) is 8.25. The molecule has 1 amide bonds. The number of morpholine rings is 1. The molecule has 9 heteroatoms. The second kappa shape index (κ2) is 7.29. The molecule has 2 heterocycles. The summed E-state index contributed by atoms with van der Waals surface area (Å²) < 4.78 is 10.4. The van der Waals surface area contributed by atoms with Crippen LogP contribution in [0.2, 0.25) is 0 Å². The lowest BCUT2D eigenvalue weighted by Crippen LogP contribution is -2.49. The number of ether oxygens (including phenoxy) is 1. The van der Waals surface area contributed by atoms with Gasteiger partial charge in [-0.1, -0.05) is 0 Å². The Kier molecular flexibility index (Phi) is 4.61. The van der Waals surface area contributed by atoms with Gasteiger partial charge in [-0.15, -0.1) is 0 Å². The van der Waals surface area contributed by atoms with Crippen LogP contribution >= 0.6 is 0 Å². The average molecular weight is 400 g/mol. The summed E-state index contributed by atoms with van der Waals surface area (Å²) in [6.07, 6.45) is 3.64. The van der Waals surface area contributed by atoms with E-state index in [1.165, 1.54) is 0 Å². The average Bonchev–Trinajstić information content (AvgIpc) is 3.25. The highest BCUT2D eigenvalue weighted by Crippen LogP contribution is 2.49. The molecule has 4 fully saturated rings. The van der Waals surface area contributed by atoms with Gasteiger partial charge in [0.1, 0.15) is 0 Å². The van der Waals surface area contributed by atoms with Crippen molar-refractivity contribution in [2.45, 2.75) is 25.7 Å². The standard InChI is InChI=1S/C20H24N4O5/c25-19(15-11-1-3-12(4-2-11)16(15)20(26)27)21-13-5-6-14(18-17(13)22-29-23-18)24-7-9-28-10-8-24/h5-6,11-12,15-16H,1-4,7-10H2,(H,21,25)(H,26,27). The number of amides is 1. The Balaban J connectivity index is 1.42. The first-order valence-corrected chi connectivity index (χ1v) is 10.2. The quantitative estimate of drug-likeness (QED) is 0.801. The molecular weight excluding hydrogens is 376 g/mol. The van der Waals surface area contributed by atoms with Crippen LogP contribution in [0.1, 0.15) is 25.7 Å². The molecule has 0 radical (unpaired) electrons. The monoisotopic (exact) mass is 400 g/mol. The Bertz CT molecular complexity index is 930. The van der Waals surface area contributed by atoms with Crippen molar-refractivity contribution in [1.82, 2.24) is 10.3 Å². The van der Waals surface area contributed by atoms with E-state index in [4.69, 9.17) is 9.37 Å². The van der Waals surface area contributed by atoms with E-state index in [0.29, 0.717) is 29.9 Å². The van der Waals surface area contributed by atoms with E-state index >= 15 is 0 Å². The minimum Gasteiger partial charge on any atom is -0.481 e. The highest BCUT2D eigenvalue weighted by atomic mass is 16.6. The summed E-state index contributed by atoms with van der Waals surface area (Å²) in [5, 5.41) is 20.7. The summed E-state index contributed by atoms with van der Waals surface area (Å²) in [4.78, 5) is 27.2. The Morgan fingerprint density at radius 3 is 2.34 bits per heavy atom. The van der Waals surface area contributed by atoms with Crippen LogP contribution < -0.4 is 10.2 Å². The van der Waals surface area contributed by atoms with E-state index < -0.39 is 17.8 Å². The normalized spacial score (nSPS) is 29.2. The lowest BCUT2D eigenvalue weighted by atomic mass is 9.58. The van der Waals surface area contributed by atoms with Crippen molar-refractivity contribution in [3.8, 4) is 0 Å². The molecule has 2 aromatic rings. The van der Waals surface area contributed by atoms with Gasteiger partial charge in [0.05, 0.1) is 36.4 Å². The fourth-order valence-electron chi connectivity index (χ4n) is 5.41. The van der Waals surface area contributed by atoms with E-state index in [9.17, 15) is 14.7 Å². The number of fused-ring (bicyclic) bond motifs is 4. The molecule has 154 valence electrons. The van der Waals surface area contributed by atoms with Crippen LogP contribution in [0.15, 0.2) is 16.8 Å². The molecule has 3 aliphatic carbocycles. The molecule has 0 spiro atoms. The number of carbonyl (C=O) groups is 2. The Labute approximate surface area is 167 Å². The third-order valence-corrected chi connectivity index (χ3v) is 6.81. The van der Waals surface area contributed by atoms with Crippen molar-refractivity contribution in [3.63, 3.8) is 0 Å². The van der Waals surface area contributed by atoms with Gasteiger partial charge in [0.15, 0.2) is 11.0 Å². The zero-order valence-electron chi connectivity index (χ0n) is 16.0. The molecule has 1 aliphatic heterocycles. The number of aliphatic carboxylic acids is 1. The zero-order chi connectivity index (χ0) is 20.0. The number of carboxylic acids is 1. The summed E-state index contributed by atoms with van der Waals surface area (Å²) in [6, 6.07) is 3.70. The third-order valence-electron chi connectivity index (χ3n) is 6.81. The van der Waals surface area contributed by atoms with Gasteiger partial charge in [-0.2, -0.15) is 0 Å². The van der Waals surface area contributed by atoms with Crippen molar-refractivity contribution < 1.29 is 24.1 Å². The summed E-state index contributed by atoms with van der Waals surface area (Å²) in [7, 11) is 0. The molecule has 1 aromatic heterocycles. The minimum atomic E-state index is -0.865. The number of nitrogens with zero attached hydrogens (tertiary/aromatic N) is 3. The number of hydrogen-bond acceptors (Lipinski definition) is 7. The molecular formula is C20H24N4O5. The maximum Gasteiger partial charge on any atom is 0.307 e. The smallest absolute Gasteiger partial charge is 0.307 e. The minimum absolute atomic E-state index is 0.0886. The predicted octanol–water partition coefficient (Wildman–Crippen LogP) is 2.13. The molecule has 1 aromatic carbocycles. The maximum absolute atomic E-state index is 13.1. The van der Waals surface area contributed by atoms with Crippen molar-refractivity contribution in [2.24, 2.45) is 23.7 Å². The number of nitrogens with one attached hydrogen (secondary N) is 1. The molecule has 29 heavy (non-hydrogen) atoms. The fraction of sp³-hybridized carbons (Fsp3) is 0.600. The third kappa shape index (κ3) is 3.13. The van der Waals surface area contributed by atoms with Gasteiger partial charge in [0.25, 0.3) is 0 Å². The second-order valence-electron chi connectivity index (χ2n) is 8.25. The van der Waals surface area contributed by atoms with Crippen molar-refractivity contribution >= 4 is 34.3 Å². The SMILES string of the molecule is O=C(O)C1C2CCC(CC2)C1C(=O)Nc1ccc(N2CCOCC2)c2nonc12. The summed E-state index contributed by atoms with van der Waals surface area (Å²) >= 11 is 0. The number of carboxylic acid groups (broad SMARTS) is 1. The molecule has 6 rings (SSSR count). The van der Waals surface area contributed by atoms with Crippen molar-refractivity contribution in [1.29, 1.82) is 0 Å². The predicted molar refractivity (Wildman–Crippen MR) is 104 cm³/mol. The topological polar surface area (TPSA) is 118 Å². The van der Waals surface area contributed by atoms with E-state index in [-0.39, 0.29) is 17.7 Å². The van der Waals surface area contributed by atoms with Gasteiger partial charge < -0.3 is 20.1 Å². The van der Waals surface area contributed by atoms with Gasteiger partial charge in [-0.25, -0.2) is 4.63 Å². The van der Waals surface area contributed by atoms with Crippen LogP contribution in [0.4, 0.5) is 11.4 Å². The number of anilines is 2. The fourth-order valence-corrected chi connectivity index (χ4v) is 5.41. The van der Waals surface area contributed by atoms with Crippen molar-refractivity contribution in [2.75, 3.05) is 36.5 Å². The largest absolute Gasteiger partial charge is 0.481 e. The Morgan fingerprint density at radius 1 is 1.00 bits per heavy atom. The number of aromatic nitrogens is 2. The van der Waals surface area contributed by atoms with Crippen LogP contribution in [-0.2, 0) is 14.3 Å². The van der Waals surface area contributed by atoms with E-state index in [1.807, 2.05) is 6.07 Å². The first-order chi connectivity index (χ1) is 14.1. The van der Waals surface area contributed by atoms with Crippen LogP contribution in [0.3, 0.4) is 0 Å². The molecule has 2 N–H and O–H groups in total. The first kappa shape index (κ1) is 18.4. The molecule has 9 nitrogen and oxygen atoms in total. The molecule has 4 aliphatic rings. The van der Waals surface area contributed by atoms with Crippen LogP contribution in [0, 0.1) is 23.7 Å². The highest BCUT2D eigenvalue weighted by molar-refractivity contribution is 6.04. The van der Waals surface area contributed by atoms with Gasteiger partial charge in [0.2, 0.25) is 5.91 Å². The van der Waals surface area contributed by atoms with Gasteiger partial charge in [-0.3, -0.25) is 9.59 Å². The Morgan fingerprint density at radius 2 is 1.66 bits per heavy atom. The maximum atomic E-state index is 13.1. The molecule has 1 saturated heterocycles. The summed E-state index contributed by atoms with van der Waals surface area (Å²) in [5.74, 6) is -2.01. The zero-order valence-corrected chi connectivity index (χ0v) is 16.0. The highest BCUT2D eigenvalue weighted by Gasteiger charge is 2.50. The lowest BCUT2D eigenvalue weighted by Gasteiger charge is -2.45.